The standard InChI is InChI=1S/C23H32N2O2SSi/c1-17-12-13-19(15-24)22(25-17)28-21(18-10-8-7-9-11-18)14-20(26)16-27-29(5,6)23(2,3)4/h7-13,20-21,26H,14,16H2,1-6H3/t20-,21-/m1/s1. The van der Waals surface area contributed by atoms with Gasteiger partial charge in [0.05, 0.1) is 18.3 Å². The van der Waals surface area contributed by atoms with Gasteiger partial charge in [0.2, 0.25) is 0 Å². The van der Waals surface area contributed by atoms with Crippen molar-refractivity contribution in [3.63, 3.8) is 0 Å². The molecule has 2 atom stereocenters. The molecule has 2 aromatic rings. The Morgan fingerprint density at radius 3 is 2.41 bits per heavy atom. The van der Waals surface area contributed by atoms with Crippen molar-refractivity contribution in [2.24, 2.45) is 0 Å². The van der Waals surface area contributed by atoms with E-state index in [1.807, 2.05) is 37.3 Å². The van der Waals surface area contributed by atoms with E-state index in [9.17, 15) is 10.4 Å². The number of hydrogen-bond donors (Lipinski definition) is 1. The van der Waals surface area contributed by atoms with Crippen molar-refractivity contribution in [1.82, 2.24) is 4.98 Å². The Kier molecular flexibility index (Phi) is 8.07. The quantitative estimate of drug-likeness (QED) is 0.421. The van der Waals surface area contributed by atoms with Crippen LogP contribution in [0, 0.1) is 18.3 Å². The summed E-state index contributed by atoms with van der Waals surface area (Å²) in [6.45, 7) is 13.2. The van der Waals surface area contributed by atoms with Crippen molar-refractivity contribution >= 4 is 20.1 Å². The first-order valence-corrected chi connectivity index (χ1v) is 13.7. The molecule has 0 bridgehead atoms. The smallest absolute Gasteiger partial charge is 0.192 e. The van der Waals surface area contributed by atoms with Crippen LogP contribution in [0.1, 0.15) is 49.3 Å². The summed E-state index contributed by atoms with van der Waals surface area (Å²) in [5.74, 6) is 0. The van der Waals surface area contributed by atoms with E-state index in [4.69, 9.17) is 4.43 Å². The van der Waals surface area contributed by atoms with Crippen LogP contribution >= 0.6 is 11.8 Å². The Balaban J connectivity index is 2.18. The van der Waals surface area contributed by atoms with Gasteiger partial charge in [-0.05, 0) is 49.2 Å². The minimum Gasteiger partial charge on any atom is -0.414 e. The molecule has 0 aliphatic heterocycles. The Bertz CT molecular complexity index is 844. The number of benzene rings is 1. The number of aromatic nitrogens is 1. The maximum atomic E-state index is 10.8. The van der Waals surface area contributed by atoms with Crippen molar-refractivity contribution < 1.29 is 9.53 Å². The van der Waals surface area contributed by atoms with Gasteiger partial charge >= 0.3 is 0 Å². The van der Waals surface area contributed by atoms with Crippen molar-refractivity contribution in [2.75, 3.05) is 6.61 Å². The van der Waals surface area contributed by atoms with Crippen LogP contribution in [-0.2, 0) is 4.43 Å². The molecule has 1 heterocycles. The third-order valence-electron chi connectivity index (χ3n) is 5.47. The summed E-state index contributed by atoms with van der Waals surface area (Å²) in [5.41, 5.74) is 2.55. The molecule has 156 valence electrons. The Morgan fingerprint density at radius 1 is 1.17 bits per heavy atom. The Labute approximate surface area is 180 Å². The maximum Gasteiger partial charge on any atom is 0.192 e. The summed E-state index contributed by atoms with van der Waals surface area (Å²) in [7, 11) is -1.92. The molecule has 0 radical (unpaired) electrons. The van der Waals surface area contributed by atoms with Gasteiger partial charge in [0.25, 0.3) is 0 Å². The summed E-state index contributed by atoms with van der Waals surface area (Å²) in [6.07, 6.45) is -0.0544. The monoisotopic (exact) mass is 428 g/mol. The zero-order valence-electron chi connectivity index (χ0n) is 18.3. The molecule has 0 aliphatic rings. The number of aliphatic hydroxyl groups is 1. The van der Waals surface area contributed by atoms with Crippen LogP contribution in [-0.4, -0.2) is 31.1 Å². The normalized spacial score (nSPS) is 14.3. The molecule has 6 heteroatoms. The molecule has 0 unspecified atom stereocenters. The first-order valence-electron chi connectivity index (χ1n) is 9.95. The molecule has 0 amide bonds. The highest BCUT2D eigenvalue weighted by Crippen LogP contribution is 2.40. The van der Waals surface area contributed by atoms with Crippen LogP contribution in [0.3, 0.4) is 0 Å². The number of pyridine rings is 1. The van der Waals surface area contributed by atoms with Gasteiger partial charge in [0, 0.05) is 10.9 Å². The highest BCUT2D eigenvalue weighted by Gasteiger charge is 2.37. The fourth-order valence-corrected chi connectivity index (χ4v) is 4.96. The molecule has 0 saturated heterocycles. The summed E-state index contributed by atoms with van der Waals surface area (Å²) in [6, 6.07) is 16.0. The molecule has 0 aliphatic carbocycles. The molecule has 1 aromatic carbocycles. The van der Waals surface area contributed by atoms with Gasteiger partial charge in [0.1, 0.15) is 11.1 Å². The fourth-order valence-electron chi connectivity index (χ4n) is 2.60. The average Bonchev–Trinajstić information content (AvgIpc) is 2.66. The fraction of sp³-hybridized carbons (Fsp3) is 0.478. The highest BCUT2D eigenvalue weighted by molar-refractivity contribution is 7.99. The number of nitrogens with zero attached hydrogens (tertiary/aromatic N) is 2. The number of aryl methyl sites for hydroxylation is 1. The third kappa shape index (κ3) is 6.68. The molecule has 0 fully saturated rings. The van der Waals surface area contributed by atoms with E-state index in [2.05, 4.69) is 57.1 Å². The predicted molar refractivity (Wildman–Crippen MR) is 123 cm³/mol. The van der Waals surface area contributed by atoms with Crippen molar-refractivity contribution in [3.05, 3.63) is 59.3 Å². The van der Waals surface area contributed by atoms with Gasteiger partial charge in [-0.3, -0.25) is 0 Å². The topological polar surface area (TPSA) is 66.1 Å². The van der Waals surface area contributed by atoms with Crippen LogP contribution in [0.15, 0.2) is 47.5 Å². The van der Waals surface area contributed by atoms with E-state index in [1.165, 1.54) is 11.8 Å². The minimum atomic E-state index is -1.92. The average molecular weight is 429 g/mol. The van der Waals surface area contributed by atoms with E-state index < -0.39 is 14.4 Å². The Morgan fingerprint density at radius 2 is 1.83 bits per heavy atom. The zero-order valence-corrected chi connectivity index (χ0v) is 20.1. The summed E-state index contributed by atoms with van der Waals surface area (Å²) < 4.78 is 6.22. The number of thioether (sulfide) groups is 1. The van der Waals surface area contributed by atoms with Crippen molar-refractivity contribution in [1.29, 1.82) is 5.26 Å². The van der Waals surface area contributed by atoms with Crippen LogP contribution in [0.2, 0.25) is 18.1 Å². The van der Waals surface area contributed by atoms with E-state index >= 15 is 0 Å². The molecule has 4 nitrogen and oxygen atoms in total. The number of nitriles is 1. The van der Waals surface area contributed by atoms with Gasteiger partial charge in [0.15, 0.2) is 8.32 Å². The van der Waals surface area contributed by atoms with Crippen LogP contribution in [0.25, 0.3) is 0 Å². The van der Waals surface area contributed by atoms with E-state index in [0.717, 1.165) is 11.3 Å². The SMILES string of the molecule is Cc1ccc(C#N)c(S[C@H](C[C@@H](O)CO[Si](C)(C)C(C)(C)C)c2ccccc2)n1. The second-order valence-electron chi connectivity index (χ2n) is 8.90. The van der Waals surface area contributed by atoms with Crippen LogP contribution in [0.4, 0.5) is 0 Å². The van der Waals surface area contributed by atoms with E-state index in [1.54, 1.807) is 0 Å². The van der Waals surface area contributed by atoms with E-state index in [0.29, 0.717) is 23.6 Å². The first kappa shape index (κ1) is 23.6. The lowest BCUT2D eigenvalue weighted by Gasteiger charge is -2.37. The van der Waals surface area contributed by atoms with Crippen LogP contribution < -0.4 is 0 Å². The second-order valence-corrected chi connectivity index (χ2v) is 14.9. The van der Waals surface area contributed by atoms with Gasteiger partial charge in [-0.1, -0.05) is 62.9 Å². The van der Waals surface area contributed by atoms with Gasteiger partial charge < -0.3 is 9.53 Å². The molecular weight excluding hydrogens is 396 g/mol. The van der Waals surface area contributed by atoms with Crippen molar-refractivity contribution in [3.8, 4) is 6.07 Å². The molecule has 0 saturated carbocycles. The maximum absolute atomic E-state index is 10.8. The molecular formula is C23H32N2O2SSi. The van der Waals surface area contributed by atoms with Crippen LogP contribution in [0.5, 0.6) is 0 Å². The van der Waals surface area contributed by atoms with Crippen molar-refractivity contribution in [2.45, 2.75) is 68.6 Å². The summed E-state index contributed by atoms with van der Waals surface area (Å²) in [4.78, 5) is 4.57. The third-order valence-corrected chi connectivity index (χ3v) is 11.3. The largest absolute Gasteiger partial charge is 0.414 e. The number of hydrogen-bond acceptors (Lipinski definition) is 5. The molecule has 2 rings (SSSR count). The lowest BCUT2D eigenvalue weighted by molar-refractivity contribution is 0.0925. The van der Waals surface area contributed by atoms with Gasteiger partial charge in [-0.2, -0.15) is 5.26 Å². The summed E-state index contributed by atoms with van der Waals surface area (Å²) in [5, 5.41) is 21.0. The van der Waals surface area contributed by atoms with Gasteiger partial charge in [-0.15, -0.1) is 0 Å². The highest BCUT2D eigenvalue weighted by atomic mass is 32.2. The molecule has 1 aromatic heterocycles. The van der Waals surface area contributed by atoms with Gasteiger partial charge in [-0.25, -0.2) is 4.98 Å². The minimum absolute atomic E-state index is 0.0179. The number of aliphatic hydroxyl groups excluding tert-OH is 1. The second kappa shape index (κ2) is 9.90. The lowest BCUT2D eigenvalue weighted by atomic mass is 10.1. The molecule has 29 heavy (non-hydrogen) atoms. The Hall–Kier alpha value is -1.65. The molecule has 0 spiro atoms. The zero-order chi connectivity index (χ0) is 21.7. The van der Waals surface area contributed by atoms with E-state index in [-0.39, 0.29) is 10.3 Å². The summed E-state index contributed by atoms with van der Waals surface area (Å²) >= 11 is 1.54. The number of rotatable bonds is 8. The predicted octanol–water partition coefficient (Wildman–Crippen LogP) is 5.87. The lowest BCUT2D eigenvalue weighted by Crippen LogP contribution is -2.42. The molecule has 1 N–H and O–H groups in total. The first-order chi connectivity index (χ1) is 13.5.